The zero-order valence-electron chi connectivity index (χ0n) is 11.0. The minimum Gasteiger partial charge on any atom is -0.497 e. The van der Waals surface area contributed by atoms with Gasteiger partial charge < -0.3 is 14.7 Å². The maximum atomic E-state index is 8.84. The minimum absolute atomic E-state index is 0.228. The topological polar surface area (TPSA) is 32.7 Å². The van der Waals surface area contributed by atoms with Gasteiger partial charge in [0.15, 0.2) is 0 Å². The van der Waals surface area contributed by atoms with Gasteiger partial charge in [0.05, 0.1) is 13.7 Å². The van der Waals surface area contributed by atoms with Crippen LogP contribution in [0.4, 0.5) is 0 Å². The first-order valence-electron chi connectivity index (χ1n) is 6.08. The van der Waals surface area contributed by atoms with Crippen LogP contribution in [0.3, 0.4) is 0 Å². The van der Waals surface area contributed by atoms with E-state index in [9.17, 15) is 0 Å². The van der Waals surface area contributed by atoms with E-state index in [0.29, 0.717) is 5.92 Å². The van der Waals surface area contributed by atoms with Crippen molar-refractivity contribution >= 4 is 0 Å². The number of nitrogens with zero attached hydrogens (tertiary/aromatic N) is 1. The molecule has 3 nitrogen and oxygen atoms in total. The molecular formula is C14H23NO2. The van der Waals surface area contributed by atoms with Gasteiger partial charge in [0, 0.05) is 13.1 Å². The van der Waals surface area contributed by atoms with Crippen LogP contribution in [0, 0.1) is 5.92 Å². The van der Waals surface area contributed by atoms with E-state index in [4.69, 9.17) is 9.84 Å². The van der Waals surface area contributed by atoms with E-state index in [-0.39, 0.29) is 6.61 Å². The van der Waals surface area contributed by atoms with Gasteiger partial charge in [0.2, 0.25) is 0 Å². The van der Waals surface area contributed by atoms with Gasteiger partial charge in [0.1, 0.15) is 5.75 Å². The summed E-state index contributed by atoms with van der Waals surface area (Å²) >= 11 is 0. The Morgan fingerprint density at radius 3 is 2.47 bits per heavy atom. The molecule has 0 radical (unpaired) electrons. The lowest BCUT2D eigenvalue weighted by atomic mass is 10.0. The summed E-state index contributed by atoms with van der Waals surface area (Å²) in [7, 11) is 3.72. The number of rotatable bonds is 7. The summed E-state index contributed by atoms with van der Waals surface area (Å²) in [6.07, 6.45) is 1.06. The number of aliphatic hydroxyl groups excluding tert-OH is 1. The number of hydrogen-bond donors (Lipinski definition) is 1. The van der Waals surface area contributed by atoms with Crippen LogP contribution in [0.15, 0.2) is 24.3 Å². The molecule has 1 unspecified atom stereocenters. The molecule has 0 heterocycles. The summed E-state index contributed by atoms with van der Waals surface area (Å²) in [6, 6.07) is 8.22. The van der Waals surface area contributed by atoms with Crippen molar-refractivity contribution < 1.29 is 9.84 Å². The summed E-state index contributed by atoms with van der Waals surface area (Å²) in [5, 5.41) is 8.84. The summed E-state index contributed by atoms with van der Waals surface area (Å²) < 4.78 is 5.13. The molecule has 1 aromatic rings. The fourth-order valence-electron chi connectivity index (χ4n) is 2.02. The Morgan fingerprint density at radius 1 is 1.29 bits per heavy atom. The van der Waals surface area contributed by atoms with Gasteiger partial charge in [-0.3, -0.25) is 0 Å². The number of methoxy groups -OCH3 is 1. The highest BCUT2D eigenvalue weighted by molar-refractivity contribution is 5.27. The Bertz CT molecular complexity index is 311. The molecule has 0 aliphatic heterocycles. The fourth-order valence-corrected chi connectivity index (χ4v) is 2.02. The Kier molecular flexibility index (Phi) is 6.01. The number of hydrogen-bond acceptors (Lipinski definition) is 3. The Balaban J connectivity index is 2.41. The highest BCUT2D eigenvalue weighted by Crippen LogP contribution is 2.14. The second-order valence-electron chi connectivity index (χ2n) is 4.64. The Morgan fingerprint density at radius 2 is 1.94 bits per heavy atom. The average molecular weight is 237 g/mol. The molecule has 0 saturated carbocycles. The highest BCUT2D eigenvalue weighted by atomic mass is 16.5. The van der Waals surface area contributed by atoms with E-state index in [1.165, 1.54) is 5.56 Å². The fraction of sp³-hybridized carbons (Fsp3) is 0.571. The van der Waals surface area contributed by atoms with Crippen LogP contribution in [0.1, 0.15) is 12.5 Å². The average Bonchev–Trinajstić information content (AvgIpc) is 2.30. The third-order valence-corrected chi connectivity index (χ3v) is 2.85. The van der Waals surface area contributed by atoms with Crippen LogP contribution in [0.5, 0.6) is 5.75 Å². The third kappa shape index (κ3) is 5.20. The summed E-state index contributed by atoms with van der Waals surface area (Å²) in [5.74, 6) is 1.48. The van der Waals surface area contributed by atoms with Crippen LogP contribution in [-0.2, 0) is 6.42 Å². The van der Waals surface area contributed by atoms with Crippen LogP contribution in [-0.4, -0.2) is 43.9 Å². The standard InChI is InChI=1S/C14H23NO2/c1-12(11-15(2)8-9-16)10-13-4-6-14(17-3)7-5-13/h4-7,12,16H,8-11H2,1-3H3. The van der Waals surface area contributed by atoms with E-state index < -0.39 is 0 Å². The molecule has 0 saturated heterocycles. The molecule has 0 aliphatic rings. The second-order valence-corrected chi connectivity index (χ2v) is 4.64. The van der Waals surface area contributed by atoms with E-state index in [1.807, 2.05) is 19.2 Å². The Labute approximate surface area is 104 Å². The van der Waals surface area contributed by atoms with Crippen molar-refractivity contribution in [2.45, 2.75) is 13.3 Å². The first-order chi connectivity index (χ1) is 8.15. The van der Waals surface area contributed by atoms with Gasteiger partial charge >= 0.3 is 0 Å². The van der Waals surface area contributed by atoms with Crippen molar-refractivity contribution in [1.82, 2.24) is 4.90 Å². The lowest BCUT2D eigenvalue weighted by Gasteiger charge is -2.20. The largest absolute Gasteiger partial charge is 0.497 e. The maximum Gasteiger partial charge on any atom is 0.118 e. The molecule has 0 amide bonds. The van der Waals surface area contributed by atoms with Crippen molar-refractivity contribution in [2.24, 2.45) is 5.92 Å². The van der Waals surface area contributed by atoms with E-state index in [2.05, 4.69) is 24.0 Å². The number of ether oxygens (including phenoxy) is 1. The molecule has 0 aromatic heterocycles. The van der Waals surface area contributed by atoms with Crippen molar-refractivity contribution in [3.8, 4) is 5.75 Å². The molecule has 1 aromatic carbocycles. The summed E-state index contributed by atoms with van der Waals surface area (Å²) in [5.41, 5.74) is 1.33. The van der Waals surface area contributed by atoms with Crippen LogP contribution >= 0.6 is 0 Å². The first-order valence-corrected chi connectivity index (χ1v) is 6.08. The number of benzene rings is 1. The van der Waals surface area contributed by atoms with Gasteiger partial charge in [0.25, 0.3) is 0 Å². The lowest BCUT2D eigenvalue weighted by molar-refractivity contribution is 0.205. The van der Waals surface area contributed by atoms with Crippen LogP contribution in [0.25, 0.3) is 0 Å². The molecule has 3 heteroatoms. The normalized spacial score (nSPS) is 12.8. The van der Waals surface area contributed by atoms with E-state index >= 15 is 0 Å². The monoisotopic (exact) mass is 237 g/mol. The molecule has 0 bridgehead atoms. The predicted molar refractivity (Wildman–Crippen MR) is 70.4 cm³/mol. The maximum absolute atomic E-state index is 8.84. The minimum atomic E-state index is 0.228. The molecule has 1 atom stereocenters. The molecule has 1 N–H and O–H groups in total. The van der Waals surface area contributed by atoms with Gasteiger partial charge in [-0.05, 0) is 37.1 Å². The highest BCUT2D eigenvalue weighted by Gasteiger charge is 2.07. The second kappa shape index (κ2) is 7.30. The smallest absolute Gasteiger partial charge is 0.118 e. The summed E-state index contributed by atoms with van der Waals surface area (Å²) in [4.78, 5) is 2.16. The van der Waals surface area contributed by atoms with Crippen LogP contribution in [0.2, 0.25) is 0 Å². The predicted octanol–water partition coefficient (Wildman–Crippen LogP) is 1.80. The molecule has 1 rings (SSSR count). The molecule has 17 heavy (non-hydrogen) atoms. The molecule has 0 spiro atoms. The zero-order chi connectivity index (χ0) is 12.7. The van der Waals surface area contributed by atoms with Gasteiger partial charge in [-0.25, -0.2) is 0 Å². The molecule has 96 valence electrons. The molecule has 0 aliphatic carbocycles. The number of aliphatic hydroxyl groups is 1. The van der Waals surface area contributed by atoms with E-state index in [1.54, 1.807) is 7.11 Å². The summed E-state index contributed by atoms with van der Waals surface area (Å²) in [6.45, 7) is 4.21. The van der Waals surface area contributed by atoms with Crippen molar-refractivity contribution in [2.75, 3.05) is 33.9 Å². The van der Waals surface area contributed by atoms with E-state index in [0.717, 1.165) is 25.3 Å². The van der Waals surface area contributed by atoms with Crippen molar-refractivity contribution in [3.63, 3.8) is 0 Å². The Hall–Kier alpha value is -1.06. The quantitative estimate of drug-likeness (QED) is 0.785. The molecular weight excluding hydrogens is 214 g/mol. The van der Waals surface area contributed by atoms with Gasteiger partial charge in [-0.15, -0.1) is 0 Å². The zero-order valence-corrected chi connectivity index (χ0v) is 11.0. The van der Waals surface area contributed by atoms with Crippen molar-refractivity contribution in [1.29, 1.82) is 0 Å². The SMILES string of the molecule is COc1ccc(CC(C)CN(C)CCO)cc1. The lowest BCUT2D eigenvalue weighted by Crippen LogP contribution is -2.28. The first kappa shape index (κ1) is 14.0. The van der Waals surface area contributed by atoms with Crippen molar-refractivity contribution in [3.05, 3.63) is 29.8 Å². The third-order valence-electron chi connectivity index (χ3n) is 2.85. The van der Waals surface area contributed by atoms with Gasteiger partial charge in [-0.1, -0.05) is 19.1 Å². The number of likely N-dealkylation sites (N-methyl/N-ethyl adjacent to an activating group) is 1. The van der Waals surface area contributed by atoms with Gasteiger partial charge in [-0.2, -0.15) is 0 Å². The van der Waals surface area contributed by atoms with Crippen LogP contribution < -0.4 is 4.74 Å². The molecule has 0 fully saturated rings.